The summed E-state index contributed by atoms with van der Waals surface area (Å²) in [4.78, 5) is 95.8. The number of rotatable bonds is 17. The van der Waals surface area contributed by atoms with Gasteiger partial charge in [-0.3, -0.25) is 14.4 Å². The second-order valence-corrected chi connectivity index (χ2v) is 34.4. The number of benzene rings is 8. The maximum atomic E-state index is 13.9. The van der Waals surface area contributed by atoms with E-state index in [-0.39, 0.29) is 81.0 Å². The number of nitrogens with one attached hydrogen (secondary N) is 2. The van der Waals surface area contributed by atoms with E-state index in [1.54, 1.807) is 37.8 Å². The summed E-state index contributed by atoms with van der Waals surface area (Å²) < 4.78 is 52.6. The monoisotopic (exact) mass is 1630 g/mol. The lowest BCUT2D eigenvalue weighted by Gasteiger charge is -2.43. The van der Waals surface area contributed by atoms with E-state index in [1.165, 1.54) is 0 Å². The molecular formula is C86H98BBrCl2N6O16. The Labute approximate surface area is 673 Å². The molecule has 8 aromatic rings. The van der Waals surface area contributed by atoms with Crippen LogP contribution in [0.2, 0.25) is 10.0 Å². The zero-order valence-corrected chi connectivity index (χ0v) is 68.9. The molecule has 0 aliphatic carbocycles. The molecule has 0 bridgehead atoms. The van der Waals surface area contributed by atoms with Crippen LogP contribution in [0.5, 0.6) is 17.2 Å². The Kier molecular flexibility index (Phi) is 25.9. The van der Waals surface area contributed by atoms with Crippen molar-refractivity contribution in [3.8, 4) is 28.4 Å². The molecule has 26 heteroatoms. The van der Waals surface area contributed by atoms with Crippen LogP contribution in [0.1, 0.15) is 120 Å². The Hall–Kier alpha value is -9.59. The van der Waals surface area contributed by atoms with Gasteiger partial charge in [0.15, 0.2) is 12.2 Å². The van der Waals surface area contributed by atoms with Gasteiger partial charge in [0, 0.05) is 87.1 Å². The van der Waals surface area contributed by atoms with E-state index in [4.69, 9.17) is 65.7 Å². The maximum absolute atomic E-state index is 13.9. The van der Waals surface area contributed by atoms with Crippen molar-refractivity contribution in [2.75, 3.05) is 62.2 Å². The van der Waals surface area contributed by atoms with Crippen molar-refractivity contribution in [2.24, 2.45) is 17.3 Å². The molecule has 6 amide bonds. The molecule has 0 unspecified atom stereocenters. The van der Waals surface area contributed by atoms with Crippen LogP contribution in [-0.2, 0) is 55.9 Å². The zero-order chi connectivity index (χ0) is 80.8. The Balaban J connectivity index is 0.000000174. The summed E-state index contributed by atoms with van der Waals surface area (Å²) in [6, 6.07) is 50.0. The van der Waals surface area contributed by atoms with Gasteiger partial charge in [-0.2, -0.15) is 0 Å². The number of halogens is 3. The van der Waals surface area contributed by atoms with E-state index < -0.39 is 59.3 Å². The van der Waals surface area contributed by atoms with Crippen molar-refractivity contribution < 1.29 is 76.0 Å². The first kappa shape index (κ1) is 83.4. The van der Waals surface area contributed by atoms with E-state index in [0.29, 0.717) is 82.4 Å². The lowest BCUT2D eigenvalue weighted by molar-refractivity contribution is -0.143. The van der Waals surface area contributed by atoms with Crippen LogP contribution >= 0.6 is 39.1 Å². The Bertz CT molecular complexity index is 4770. The SMILES string of the molecule is CC(C)(C)C(=O)Oc1cc(B2OC(C)(C)C(C)(C)O2)c2ccccc2c1.CC(C)(C)OC(=O)N1CC(CN2C(=O)[C@@H](CCNC(=O)OCc3ccccc3)Oc3cc(Br)c(Cl)cc32)C1.Cc1cc(-c2cc3c(cc2Cl)N(CC2CN(C(=O)OC(C)(C)C)C2)C(=O)[C@@H](CCNC(=O)OCc2ccccc2)O3)c2ccccc2c1. The van der Waals surface area contributed by atoms with Gasteiger partial charge >= 0.3 is 37.5 Å². The zero-order valence-electron chi connectivity index (χ0n) is 65.8. The van der Waals surface area contributed by atoms with Crippen molar-refractivity contribution in [1.82, 2.24) is 20.4 Å². The summed E-state index contributed by atoms with van der Waals surface area (Å²) in [5, 5.41) is 10.5. The number of esters is 1. The molecule has 0 aromatic heterocycles. The Morgan fingerprint density at radius 1 is 0.545 bits per heavy atom. The molecule has 2 N–H and O–H groups in total. The van der Waals surface area contributed by atoms with Crippen LogP contribution in [-0.4, -0.2) is 146 Å². The van der Waals surface area contributed by atoms with Crippen molar-refractivity contribution in [3.05, 3.63) is 189 Å². The standard InChI is InChI=1S/C38H40ClN3O6.C27H31BrClN3O6.C21H27BO4/c1-24-16-27-12-8-9-13-28(27)29(17-24)30-18-34-32(19-31(30)39)42(22-26-20-41(21-26)37(45)48-38(2,3)4)35(43)33(47-34)14-15-40-36(44)46-23-25-10-6-5-7-11-25;1-27(2,3)38-26(35)31-13-18(14-31)15-32-21-12-20(29)19(28)11-23(21)37-22(24(32)33)9-10-30-25(34)36-16-17-7-5-4-6-8-17;1-19(2,3)18(23)24-15-12-14-10-8-9-11-16(14)17(13-15)22-25-20(4,5)21(6,7)26-22/h5-13,16-19,26,33H,14-15,20-23H2,1-4H3,(H,40,44);4-8,11-12,18,22H,9-10,13-16H2,1-3H3,(H,30,34);8-13H,1-7H3/t33-;22-;/m11./s1. The molecule has 3 fully saturated rings. The molecule has 112 heavy (non-hydrogen) atoms. The van der Waals surface area contributed by atoms with Crippen molar-refractivity contribution in [1.29, 1.82) is 0 Å². The molecule has 0 saturated carbocycles. The number of carbonyl (C=O) groups excluding carboxylic acids is 7. The Morgan fingerprint density at radius 3 is 1.46 bits per heavy atom. The van der Waals surface area contributed by atoms with Gasteiger partial charge in [0.1, 0.15) is 41.7 Å². The minimum atomic E-state index is -0.850. The maximum Gasteiger partial charge on any atom is 0.495 e. The third-order valence-corrected chi connectivity index (χ3v) is 21.1. The lowest BCUT2D eigenvalue weighted by atomic mass is 9.76. The highest BCUT2D eigenvalue weighted by molar-refractivity contribution is 9.10. The molecule has 22 nitrogen and oxygen atoms in total. The van der Waals surface area contributed by atoms with E-state index in [9.17, 15) is 33.6 Å². The van der Waals surface area contributed by atoms with Gasteiger partial charge in [-0.25, -0.2) is 19.2 Å². The second kappa shape index (κ2) is 34.8. The number of likely N-dealkylation sites (tertiary alicyclic amines) is 2. The van der Waals surface area contributed by atoms with E-state index in [0.717, 1.165) is 54.8 Å². The van der Waals surface area contributed by atoms with Crippen molar-refractivity contribution >= 4 is 127 Å². The molecule has 13 rings (SSSR count). The van der Waals surface area contributed by atoms with Crippen LogP contribution in [0.25, 0.3) is 32.7 Å². The van der Waals surface area contributed by atoms with Gasteiger partial charge in [-0.15, -0.1) is 0 Å². The van der Waals surface area contributed by atoms with Crippen LogP contribution in [0.3, 0.4) is 0 Å². The Morgan fingerprint density at radius 2 is 0.982 bits per heavy atom. The first-order valence-electron chi connectivity index (χ1n) is 37.6. The molecule has 592 valence electrons. The molecule has 0 radical (unpaired) electrons. The average Bonchev–Trinajstić information content (AvgIpc) is 1.72. The quantitative estimate of drug-likeness (QED) is 0.0373. The molecule has 5 heterocycles. The lowest BCUT2D eigenvalue weighted by Crippen LogP contribution is -2.57. The summed E-state index contributed by atoms with van der Waals surface area (Å²) in [6.07, 6.45) is -3.04. The summed E-state index contributed by atoms with van der Waals surface area (Å²) in [6.45, 7) is 30.0. The molecule has 8 aromatic carbocycles. The molecule has 5 aliphatic rings. The average molecular weight is 1630 g/mol. The molecule has 5 aliphatic heterocycles. The first-order valence-corrected chi connectivity index (χ1v) is 39.1. The fourth-order valence-corrected chi connectivity index (χ4v) is 13.8. The van der Waals surface area contributed by atoms with Gasteiger partial charge in [0.25, 0.3) is 11.8 Å². The molecule has 0 spiro atoms. The first-order chi connectivity index (χ1) is 52.8. The summed E-state index contributed by atoms with van der Waals surface area (Å²) in [5.74, 6) is 0.930. The number of ether oxygens (including phenoxy) is 7. The highest BCUT2D eigenvalue weighted by atomic mass is 79.9. The van der Waals surface area contributed by atoms with Crippen molar-refractivity contribution in [3.63, 3.8) is 0 Å². The fraction of sp³-hybridized carbons (Fsp3) is 0.407. The summed E-state index contributed by atoms with van der Waals surface area (Å²) in [5.41, 5.74) is 4.05. The molecule has 3 saturated heterocycles. The van der Waals surface area contributed by atoms with Crippen molar-refractivity contribution in [2.45, 2.75) is 158 Å². The van der Waals surface area contributed by atoms with E-state index in [1.807, 2.05) is 212 Å². The normalized spacial score (nSPS) is 17.2. The van der Waals surface area contributed by atoms with Crippen LogP contribution < -0.4 is 40.1 Å². The minimum Gasteiger partial charge on any atom is -0.478 e. The topological polar surface area (TPSA) is 240 Å². The van der Waals surface area contributed by atoms with Crippen LogP contribution in [0.4, 0.5) is 30.6 Å². The number of fused-ring (bicyclic) bond motifs is 4. The summed E-state index contributed by atoms with van der Waals surface area (Å²) in [7, 11) is -0.516. The number of anilines is 2. The third kappa shape index (κ3) is 21.0. The number of nitrogens with zero attached hydrogens (tertiary/aromatic N) is 4. The van der Waals surface area contributed by atoms with Crippen LogP contribution in [0.15, 0.2) is 162 Å². The number of carbonyl (C=O) groups is 7. The predicted octanol–water partition coefficient (Wildman–Crippen LogP) is 17.2. The van der Waals surface area contributed by atoms with Gasteiger partial charge in [0.05, 0.1) is 38.0 Å². The predicted molar refractivity (Wildman–Crippen MR) is 438 cm³/mol. The number of amides is 6. The minimum absolute atomic E-state index is 0.0401. The molecule has 2 atom stereocenters. The van der Waals surface area contributed by atoms with Gasteiger partial charge < -0.3 is 72.7 Å². The fourth-order valence-electron chi connectivity index (χ4n) is 13.1. The highest BCUT2D eigenvalue weighted by Crippen LogP contribution is 2.46. The van der Waals surface area contributed by atoms with E-state index >= 15 is 0 Å². The molecular weight excluding hydrogens is 1530 g/mol. The number of aryl methyl sites for hydroxylation is 1. The van der Waals surface area contributed by atoms with Crippen LogP contribution in [0, 0.1) is 24.2 Å². The number of hydrogen-bond acceptors (Lipinski definition) is 16. The van der Waals surface area contributed by atoms with Gasteiger partial charge in [0.2, 0.25) is 0 Å². The van der Waals surface area contributed by atoms with E-state index in [2.05, 4.69) is 50.8 Å². The smallest absolute Gasteiger partial charge is 0.478 e. The summed E-state index contributed by atoms with van der Waals surface area (Å²) >= 11 is 16.7. The highest BCUT2D eigenvalue weighted by Gasteiger charge is 2.52. The largest absolute Gasteiger partial charge is 0.495 e. The second-order valence-electron chi connectivity index (χ2n) is 32.7. The van der Waals surface area contributed by atoms with Gasteiger partial charge in [-0.05, 0) is 199 Å². The number of hydrogen-bond donors (Lipinski definition) is 2. The van der Waals surface area contributed by atoms with Gasteiger partial charge in [-0.1, -0.05) is 145 Å². The third-order valence-electron chi connectivity index (χ3n) is 19.6. The number of alkyl carbamates (subject to hydrolysis) is 2.